The summed E-state index contributed by atoms with van der Waals surface area (Å²) >= 11 is 0. The lowest BCUT2D eigenvalue weighted by molar-refractivity contribution is 0.118. The van der Waals surface area contributed by atoms with E-state index in [1.807, 2.05) is 12.1 Å². The Labute approximate surface area is 102 Å². The number of nitrogen functional groups attached to an aromatic ring is 1. The maximum Gasteiger partial charge on any atom is 0.127 e. The van der Waals surface area contributed by atoms with Gasteiger partial charge in [-0.3, -0.25) is 4.90 Å². The SMILES string of the molecule is Nc1ncccc1CN1CCCCCC1CO. The molecule has 1 unspecified atom stereocenters. The zero-order chi connectivity index (χ0) is 12.1. The van der Waals surface area contributed by atoms with E-state index < -0.39 is 0 Å². The normalized spacial score (nSPS) is 22.3. The number of nitrogens with two attached hydrogens (primary N) is 1. The maximum absolute atomic E-state index is 9.45. The van der Waals surface area contributed by atoms with Crippen LogP contribution in [0, 0.1) is 0 Å². The van der Waals surface area contributed by atoms with Crippen LogP contribution in [0.1, 0.15) is 31.2 Å². The van der Waals surface area contributed by atoms with E-state index in [1.54, 1.807) is 6.20 Å². The fraction of sp³-hybridized carbons (Fsp3) is 0.615. The van der Waals surface area contributed by atoms with Crippen molar-refractivity contribution in [3.63, 3.8) is 0 Å². The minimum atomic E-state index is 0.236. The van der Waals surface area contributed by atoms with Gasteiger partial charge in [0.2, 0.25) is 0 Å². The molecule has 4 nitrogen and oxygen atoms in total. The van der Waals surface area contributed by atoms with Gasteiger partial charge in [-0.1, -0.05) is 18.9 Å². The molecule has 2 rings (SSSR count). The molecule has 0 aromatic carbocycles. The number of hydrogen-bond donors (Lipinski definition) is 2. The summed E-state index contributed by atoms with van der Waals surface area (Å²) in [7, 11) is 0. The molecule has 2 heterocycles. The number of nitrogens with zero attached hydrogens (tertiary/aromatic N) is 2. The van der Waals surface area contributed by atoms with Crippen LogP contribution in [0.15, 0.2) is 18.3 Å². The molecule has 0 radical (unpaired) electrons. The molecule has 3 N–H and O–H groups in total. The number of aliphatic hydroxyl groups excluding tert-OH is 1. The van der Waals surface area contributed by atoms with Crippen LogP contribution in [0.4, 0.5) is 5.82 Å². The summed E-state index contributed by atoms with van der Waals surface area (Å²) in [5.41, 5.74) is 6.93. The first-order chi connectivity index (χ1) is 8.31. The highest BCUT2D eigenvalue weighted by Gasteiger charge is 2.20. The first-order valence-electron chi connectivity index (χ1n) is 6.35. The second kappa shape index (κ2) is 5.98. The zero-order valence-electron chi connectivity index (χ0n) is 10.2. The Morgan fingerprint density at radius 3 is 3.06 bits per heavy atom. The molecule has 94 valence electrons. The van der Waals surface area contributed by atoms with Gasteiger partial charge in [0.15, 0.2) is 0 Å². The number of likely N-dealkylation sites (tertiary alicyclic amines) is 1. The third-order valence-corrected chi connectivity index (χ3v) is 3.51. The van der Waals surface area contributed by atoms with Gasteiger partial charge in [0, 0.05) is 24.3 Å². The minimum Gasteiger partial charge on any atom is -0.395 e. The van der Waals surface area contributed by atoms with E-state index in [1.165, 1.54) is 19.3 Å². The number of rotatable bonds is 3. The van der Waals surface area contributed by atoms with Crippen molar-refractivity contribution in [2.24, 2.45) is 0 Å². The van der Waals surface area contributed by atoms with E-state index in [4.69, 9.17) is 5.73 Å². The molecule has 1 aliphatic heterocycles. The predicted octanol–water partition coefficient (Wildman–Crippen LogP) is 1.40. The van der Waals surface area contributed by atoms with E-state index in [-0.39, 0.29) is 12.6 Å². The summed E-state index contributed by atoms with van der Waals surface area (Å²) in [6, 6.07) is 4.20. The third-order valence-electron chi connectivity index (χ3n) is 3.51. The lowest BCUT2D eigenvalue weighted by Gasteiger charge is -2.28. The van der Waals surface area contributed by atoms with E-state index in [0.717, 1.165) is 25.1 Å². The highest BCUT2D eigenvalue weighted by atomic mass is 16.3. The molecule has 1 fully saturated rings. The standard InChI is InChI=1S/C13H21N3O/c14-13-11(5-4-7-15-13)9-16-8-3-1-2-6-12(16)10-17/h4-5,7,12,17H,1-3,6,8-10H2,(H2,14,15). The Morgan fingerprint density at radius 1 is 1.41 bits per heavy atom. The molecular formula is C13H21N3O. The lowest BCUT2D eigenvalue weighted by atomic mass is 10.1. The molecular weight excluding hydrogens is 214 g/mol. The fourth-order valence-corrected chi connectivity index (χ4v) is 2.46. The number of pyridine rings is 1. The van der Waals surface area contributed by atoms with Crippen molar-refractivity contribution < 1.29 is 5.11 Å². The van der Waals surface area contributed by atoms with Crippen molar-refractivity contribution in [1.82, 2.24) is 9.88 Å². The molecule has 1 aromatic rings. The van der Waals surface area contributed by atoms with E-state index >= 15 is 0 Å². The Kier molecular flexibility index (Phi) is 4.34. The summed E-state index contributed by atoms with van der Waals surface area (Å²) < 4.78 is 0. The largest absolute Gasteiger partial charge is 0.395 e. The Bertz CT molecular complexity index is 356. The Hall–Kier alpha value is -1.13. The van der Waals surface area contributed by atoms with Crippen molar-refractivity contribution in [3.8, 4) is 0 Å². The van der Waals surface area contributed by atoms with Crippen LogP contribution in [0.5, 0.6) is 0 Å². The van der Waals surface area contributed by atoms with Crippen LogP contribution in [0.3, 0.4) is 0 Å². The van der Waals surface area contributed by atoms with Gasteiger partial charge in [-0.15, -0.1) is 0 Å². The number of aliphatic hydroxyl groups is 1. The maximum atomic E-state index is 9.45. The molecule has 0 aliphatic carbocycles. The number of hydrogen-bond acceptors (Lipinski definition) is 4. The molecule has 1 aromatic heterocycles. The van der Waals surface area contributed by atoms with Crippen molar-refractivity contribution in [2.45, 2.75) is 38.3 Å². The molecule has 0 bridgehead atoms. The average molecular weight is 235 g/mol. The van der Waals surface area contributed by atoms with Gasteiger partial charge in [-0.2, -0.15) is 0 Å². The predicted molar refractivity (Wildman–Crippen MR) is 68.4 cm³/mol. The van der Waals surface area contributed by atoms with Gasteiger partial charge in [0.05, 0.1) is 6.61 Å². The first-order valence-corrected chi connectivity index (χ1v) is 6.35. The quantitative estimate of drug-likeness (QED) is 0.831. The second-order valence-electron chi connectivity index (χ2n) is 4.70. The van der Waals surface area contributed by atoms with Crippen LogP contribution in [0.25, 0.3) is 0 Å². The van der Waals surface area contributed by atoms with Crippen molar-refractivity contribution in [3.05, 3.63) is 23.9 Å². The van der Waals surface area contributed by atoms with Crippen LogP contribution < -0.4 is 5.73 Å². The first kappa shape index (κ1) is 12.3. The Morgan fingerprint density at radius 2 is 2.29 bits per heavy atom. The van der Waals surface area contributed by atoms with E-state index in [0.29, 0.717) is 5.82 Å². The number of aromatic nitrogens is 1. The molecule has 1 aliphatic rings. The second-order valence-corrected chi connectivity index (χ2v) is 4.70. The molecule has 0 amide bonds. The lowest BCUT2D eigenvalue weighted by Crippen LogP contribution is -2.37. The number of anilines is 1. The Balaban J connectivity index is 2.07. The summed E-state index contributed by atoms with van der Waals surface area (Å²) in [5.74, 6) is 0.605. The average Bonchev–Trinajstić information content (AvgIpc) is 2.57. The molecule has 1 atom stereocenters. The highest BCUT2D eigenvalue weighted by molar-refractivity contribution is 5.38. The summed E-state index contributed by atoms with van der Waals surface area (Å²) in [6.45, 7) is 2.07. The van der Waals surface area contributed by atoms with Crippen LogP contribution >= 0.6 is 0 Å². The monoisotopic (exact) mass is 235 g/mol. The summed E-state index contributed by atoms with van der Waals surface area (Å²) in [6.07, 6.45) is 6.47. The molecule has 0 saturated carbocycles. The van der Waals surface area contributed by atoms with E-state index in [2.05, 4.69) is 9.88 Å². The van der Waals surface area contributed by atoms with Gasteiger partial charge >= 0.3 is 0 Å². The van der Waals surface area contributed by atoms with E-state index in [9.17, 15) is 5.11 Å². The van der Waals surface area contributed by atoms with Crippen LogP contribution in [-0.4, -0.2) is 34.2 Å². The summed E-state index contributed by atoms with van der Waals surface area (Å²) in [4.78, 5) is 6.44. The van der Waals surface area contributed by atoms with Crippen LogP contribution in [0.2, 0.25) is 0 Å². The smallest absolute Gasteiger partial charge is 0.127 e. The van der Waals surface area contributed by atoms with Crippen molar-refractivity contribution in [1.29, 1.82) is 0 Å². The van der Waals surface area contributed by atoms with Gasteiger partial charge in [0.25, 0.3) is 0 Å². The topological polar surface area (TPSA) is 62.4 Å². The third kappa shape index (κ3) is 3.17. The zero-order valence-corrected chi connectivity index (χ0v) is 10.2. The van der Waals surface area contributed by atoms with Crippen LogP contribution in [-0.2, 0) is 6.54 Å². The van der Waals surface area contributed by atoms with Gasteiger partial charge < -0.3 is 10.8 Å². The molecule has 4 heteroatoms. The molecule has 17 heavy (non-hydrogen) atoms. The van der Waals surface area contributed by atoms with Gasteiger partial charge in [0.1, 0.15) is 5.82 Å². The summed E-state index contributed by atoms with van der Waals surface area (Å²) in [5, 5.41) is 9.45. The molecule has 1 saturated heterocycles. The van der Waals surface area contributed by atoms with Gasteiger partial charge in [-0.25, -0.2) is 4.98 Å². The highest BCUT2D eigenvalue weighted by Crippen LogP contribution is 2.20. The van der Waals surface area contributed by atoms with Gasteiger partial charge in [-0.05, 0) is 25.5 Å². The van der Waals surface area contributed by atoms with Crippen molar-refractivity contribution in [2.75, 3.05) is 18.9 Å². The van der Waals surface area contributed by atoms with Crippen molar-refractivity contribution >= 4 is 5.82 Å². The molecule has 0 spiro atoms. The fourth-order valence-electron chi connectivity index (χ4n) is 2.46. The minimum absolute atomic E-state index is 0.236.